The number of methoxy groups -OCH3 is 1. The van der Waals surface area contributed by atoms with Crippen molar-refractivity contribution in [3.8, 4) is 11.5 Å². The largest absolute Gasteiger partial charge is 0.495 e. The van der Waals surface area contributed by atoms with Gasteiger partial charge in [0.2, 0.25) is 0 Å². The minimum absolute atomic E-state index is 0.271. The molecule has 0 fully saturated rings. The third kappa shape index (κ3) is 5.85. The van der Waals surface area contributed by atoms with Crippen molar-refractivity contribution >= 4 is 17.5 Å². The van der Waals surface area contributed by atoms with Gasteiger partial charge in [-0.15, -0.1) is 0 Å². The number of nitrogens with one attached hydrogen (secondary N) is 2. The van der Waals surface area contributed by atoms with Crippen LogP contribution in [-0.2, 0) is 11.3 Å². The lowest BCUT2D eigenvalue weighted by Gasteiger charge is -2.18. The van der Waals surface area contributed by atoms with Crippen molar-refractivity contribution in [3.05, 3.63) is 89.5 Å². The number of hydrogen-bond donors (Lipinski definition) is 2. The molecule has 0 spiro atoms. The lowest BCUT2D eigenvalue weighted by Crippen LogP contribution is -2.31. The fourth-order valence-electron chi connectivity index (χ4n) is 3.03. The molecular weight excluding hydrogens is 392 g/mol. The van der Waals surface area contributed by atoms with Gasteiger partial charge in [-0.05, 0) is 49.2 Å². The lowest BCUT2D eigenvalue weighted by molar-refractivity contribution is -0.122. The summed E-state index contributed by atoms with van der Waals surface area (Å²) in [6, 6.07) is 22.0. The summed E-state index contributed by atoms with van der Waals surface area (Å²) in [5.74, 6) is 0.287. The normalized spacial score (nSPS) is 11.3. The maximum Gasteiger partial charge on any atom is 0.265 e. The van der Waals surface area contributed by atoms with Gasteiger partial charge < -0.3 is 20.1 Å². The molecule has 0 aliphatic carbocycles. The van der Waals surface area contributed by atoms with Gasteiger partial charge in [-0.3, -0.25) is 9.59 Å². The zero-order chi connectivity index (χ0) is 22.2. The van der Waals surface area contributed by atoms with Gasteiger partial charge >= 0.3 is 0 Å². The SMILES string of the molecule is COc1ccc(C)cc1NC(=O)[C@H](C)Oc1ccccc1C(=O)NCc1ccccc1. The van der Waals surface area contributed by atoms with Crippen LogP contribution in [0, 0.1) is 6.92 Å². The van der Waals surface area contributed by atoms with Crippen LogP contribution in [0.15, 0.2) is 72.8 Å². The standard InChI is InChI=1S/C25H26N2O4/c1-17-13-14-23(30-3)21(15-17)27-24(28)18(2)31-22-12-8-7-11-20(22)25(29)26-16-19-9-5-4-6-10-19/h4-15,18H,16H2,1-3H3,(H,26,29)(H,27,28)/t18-/m0/s1. The monoisotopic (exact) mass is 418 g/mol. The van der Waals surface area contributed by atoms with Crippen molar-refractivity contribution in [2.24, 2.45) is 0 Å². The first-order valence-corrected chi connectivity index (χ1v) is 10.0. The summed E-state index contributed by atoms with van der Waals surface area (Å²) >= 11 is 0. The number of carbonyl (C=O) groups is 2. The maximum atomic E-state index is 12.7. The number of ether oxygens (including phenoxy) is 2. The van der Waals surface area contributed by atoms with Crippen molar-refractivity contribution in [2.45, 2.75) is 26.5 Å². The second kappa shape index (κ2) is 10.3. The summed E-state index contributed by atoms with van der Waals surface area (Å²) in [6.07, 6.45) is -0.826. The molecule has 3 rings (SSSR count). The van der Waals surface area contributed by atoms with Crippen LogP contribution in [-0.4, -0.2) is 25.0 Å². The highest BCUT2D eigenvalue weighted by Gasteiger charge is 2.20. The van der Waals surface area contributed by atoms with Gasteiger partial charge in [-0.1, -0.05) is 48.5 Å². The Hall–Kier alpha value is -3.80. The molecule has 31 heavy (non-hydrogen) atoms. The van der Waals surface area contributed by atoms with Crippen molar-refractivity contribution < 1.29 is 19.1 Å². The first-order valence-electron chi connectivity index (χ1n) is 10.0. The van der Waals surface area contributed by atoms with E-state index in [0.29, 0.717) is 29.3 Å². The number of para-hydroxylation sites is 1. The first-order chi connectivity index (χ1) is 15.0. The molecule has 0 radical (unpaired) electrons. The number of rotatable bonds is 8. The fourth-order valence-corrected chi connectivity index (χ4v) is 3.03. The summed E-state index contributed by atoms with van der Waals surface area (Å²) in [5, 5.41) is 5.71. The molecule has 160 valence electrons. The Kier molecular flexibility index (Phi) is 7.27. The summed E-state index contributed by atoms with van der Waals surface area (Å²) in [5.41, 5.74) is 2.92. The smallest absolute Gasteiger partial charge is 0.265 e. The first kappa shape index (κ1) is 21.9. The molecule has 0 unspecified atom stereocenters. The van der Waals surface area contributed by atoms with Gasteiger partial charge in [0.25, 0.3) is 11.8 Å². The predicted octanol–water partition coefficient (Wildman–Crippen LogP) is 4.34. The average molecular weight is 418 g/mol. The van der Waals surface area contributed by atoms with Crippen LogP contribution in [0.25, 0.3) is 0 Å². The molecule has 0 heterocycles. The molecule has 6 heteroatoms. The number of hydrogen-bond acceptors (Lipinski definition) is 4. The zero-order valence-electron chi connectivity index (χ0n) is 17.8. The summed E-state index contributed by atoms with van der Waals surface area (Å²) in [6.45, 7) is 3.97. The van der Waals surface area contributed by atoms with E-state index >= 15 is 0 Å². The number of amides is 2. The number of benzene rings is 3. The van der Waals surface area contributed by atoms with Gasteiger partial charge in [-0.2, -0.15) is 0 Å². The Morgan fingerprint density at radius 2 is 1.65 bits per heavy atom. The van der Waals surface area contributed by atoms with E-state index in [4.69, 9.17) is 9.47 Å². The van der Waals surface area contributed by atoms with Crippen molar-refractivity contribution in [1.29, 1.82) is 0 Å². The van der Waals surface area contributed by atoms with Gasteiger partial charge in [0.05, 0.1) is 18.4 Å². The Bertz CT molecular complexity index is 1050. The zero-order valence-corrected chi connectivity index (χ0v) is 17.8. The van der Waals surface area contributed by atoms with Crippen LogP contribution in [0.1, 0.15) is 28.4 Å². The number of anilines is 1. The minimum Gasteiger partial charge on any atom is -0.495 e. The molecule has 0 aliphatic heterocycles. The third-order valence-electron chi connectivity index (χ3n) is 4.71. The maximum absolute atomic E-state index is 12.7. The predicted molar refractivity (Wildman–Crippen MR) is 121 cm³/mol. The fraction of sp³-hybridized carbons (Fsp3) is 0.200. The van der Waals surface area contributed by atoms with Gasteiger partial charge in [0.15, 0.2) is 6.10 Å². The molecule has 3 aromatic rings. The molecular formula is C25H26N2O4. The van der Waals surface area contributed by atoms with E-state index in [9.17, 15) is 9.59 Å². The van der Waals surface area contributed by atoms with Gasteiger partial charge in [0, 0.05) is 6.54 Å². The van der Waals surface area contributed by atoms with E-state index in [1.54, 1.807) is 44.4 Å². The molecule has 0 bridgehead atoms. The number of carbonyl (C=O) groups excluding carboxylic acids is 2. The minimum atomic E-state index is -0.826. The Morgan fingerprint density at radius 3 is 2.39 bits per heavy atom. The molecule has 1 atom stereocenters. The highest BCUT2D eigenvalue weighted by atomic mass is 16.5. The van der Waals surface area contributed by atoms with E-state index in [1.165, 1.54) is 0 Å². The van der Waals surface area contributed by atoms with Crippen LogP contribution < -0.4 is 20.1 Å². The van der Waals surface area contributed by atoms with E-state index in [1.807, 2.05) is 49.4 Å². The van der Waals surface area contributed by atoms with E-state index in [-0.39, 0.29) is 11.8 Å². The summed E-state index contributed by atoms with van der Waals surface area (Å²) in [4.78, 5) is 25.4. The number of aryl methyl sites for hydroxylation is 1. The molecule has 0 saturated heterocycles. The molecule has 2 N–H and O–H groups in total. The van der Waals surface area contributed by atoms with Crippen LogP contribution in [0.5, 0.6) is 11.5 Å². The van der Waals surface area contributed by atoms with E-state index in [2.05, 4.69) is 10.6 Å². The average Bonchev–Trinajstić information content (AvgIpc) is 2.78. The van der Waals surface area contributed by atoms with Crippen molar-refractivity contribution in [3.63, 3.8) is 0 Å². The van der Waals surface area contributed by atoms with Crippen molar-refractivity contribution in [1.82, 2.24) is 5.32 Å². The van der Waals surface area contributed by atoms with E-state index in [0.717, 1.165) is 11.1 Å². The van der Waals surface area contributed by atoms with Crippen LogP contribution in [0.3, 0.4) is 0 Å². The van der Waals surface area contributed by atoms with Crippen LogP contribution >= 0.6 is 0 Å². The third-order valence-corrected chi connectivity index (χ3v) is 4.71. The molecule has 2 amide bonds. The van der Waals surface area contributed by atoms with Gasteiger partial charge in [-0.25, -0.2) is 0 Å². The van der Waals surface area contributed by atoms with Crippen LogP contribution in [0.2, 0.25) is 0 Å². The second-order valence-electron chi connectivity index (χ2n) is 7.12. The van der Waals surface area contributed by atoms with Gasteiger partial charge in [0.1, 0.15) is 11.5 Å². The van der Waals surface area contributed by atoms with Crippen molar-refractivity contribution in [2.75, 3.05) is 12.4 Å². The highest BCUT2D eigenvalue weighted by Crippen LogP contribution is 2.26. The Balaban J connectivity index is 1.67. The quantitative estimate of drug-likeness (QED) is 0.571. The second-order valence-corrected chi connectivity index (χ2v) is 7.12. The Morgan fingerprint density at radius 1 is 0.935 bits per heavy atom. The lowest BCUT2D eigenvalue weighted by atomic mass is 10.1. The molecule has 6 nitrogen and oxygen atoms in total. The topological polar surface area (TPSA) is 76.7 Å². The molecule has 0 saturated carbocycles. The summed E-state index contributed by atoms with van der Waals surface area (Å²) in [7, 11) is 1.55. The Labute approximate surface area is 182 Å². The molecule has 0 aromatic heterocycles. The molecule has 0 aliphatic rings. The highest BCUT2D eigenvalue weighted by molar-refractivity contribution is 5.98. The van der Waals surface area contributed by atoms with E-state index < -0.39 is 6.10 Å². The molecule has 3 aromatic carbocycles. The summed E-state index contributed by atoms with van der Waals surface area (Å²) < 4.78 is 11.1. The van der Waals surface area contributed by atoms with Crippen LogP contribution in [0.4, 0.5) is 5.69 Å².